The molecule has 20 heavy (non-hydrogen) atoms. The van der Waals surface area contributed by atoms with E-state index in [-0.39, 0.29) is 12.4 Å². The Morgan fingerprint density at radius 3 is 2.35 bits per heavy atom. The SMILES string of the molecule is CCCCC(CC)CN(CCC(=O)O)CCC(=O)OC. The van der Waals surface area contributed by atoms with Gasteiger partial charge in [-0.2, -0.15) is 0 Å². The van der Waals surface area contributed by atoms with E-state index in [0.717, 1.165) is 19.4 Å². The van der Waals surface area contributed by atoms with Crippen LogP contribution in [0.1, 0.15) is 52.4 Å². The normalized spacial score (nSPS) is 12.4. The lowest BCUT2D eigenvalue weighted by molar-refractivity contribution is -0.141. The zero-order valence-electron chi connectivity index (χ0n) is 13.1. The van der Waals surface area contributed by atoms with Gasteiger partial charge in [-0.3, -0.25) is 9.59 Å². The number of carboxylic acid groups (broad SMARTS) is 1. The zero-order chi connectivity index (χ0) is 15.4. The molecule has 0 saturated carbocycles. The van der Waals surface area contributed by atoms with E-state index in [1.165, 1.54) is 20.0 Å². The molecule has 0 amide bonds. The maximum atomic E-state index is 11.2. The number of carbonyl (C=O) groups excluding carboxylic acids is 1. The topological polar surface area (TPSA) is 66.8 Å². The molecule has 0 saturated heterocycles. The van der Waals surface area contributed by atoms with Gasteiger partial charge in [0.15, 0.2) is 0 Å². The van der Waals surface area contributed by atoms with Crippen LogP contribution in [0.4, 0.5) is 0 Å². The Balaban J connectivity index is 4.32. The number of rotatable bonds is 12. The van der Waals surface area contributed by atoms with E-state index in [1.54, 1.807) is 0 Å². The minimum Gasteiger partial charge on any atom is -0.481 e. The van der Waals surface area contributed by atoms with Crippen molar-refractivity contribution in [2.75, 3.05) is 26.7 Å². The van der Waals surface area contributed by atoms with Crippen LogP contribution in [-0.2, 0) is 14.3 Å². The number of esters is 1. The Hall–Kier alpha value is -1.10. The number of unbranched alkanes of at least 4 members (excludes halogenated alkanes) is 1. The summed E-state index contributed by atoms with van der Waals surface area (Å²) in [6.45, 7) is 6.26. The molecule has 0 aliphatic rings. The summed E-state index contributed by atoms with van der Waals surface area (Å²) in [5.41, 5.74) is 0. The number of aliphatic carboxylic acids is 1. The Kier molecular flexibility index (Phi) is 11.1. The van der Waals surface area contributed by atoms with Crippen molar-refractivity contribution in [1.82, 2.24) is 4.90 Å². The number of carbonyl (C=O) groups is 2. The molecule has 0 aromatic carbocycles. The highest BCUT2D eigenvalue weighted by atomic mass is 16.5. The van der Waals surface area contributed by atoms with Gasteiger partial charge in [-0.15, -0.1) is 0 Å². The first-order valence-corrected chi connectivity index (χ1v) is 7.54. The molecule has 0 bridgehead atoms. The van der Waals surface area contributed by atoms with Gasteiger partial charge >= 0.3 is 11.9 Å². The lowest BCUT2D eigenvalue weighted by Gasteiger charge is -2.26. The Morgan fingerprint density at radius 2 is 1.85 bits per heavy atom. The second-order valence-electron chi connectivity index (χ2n) is 5.19. The molecule has 118 valence electrons. The molecular weight excluding hydrogens is 258 g/mol. The van der Waals surface area contributed by atoms with Crippen LogP contribution in [0.2, 0.25) is 0 Å². The van der Waals surface area contributed by atoms with Gasteiger partial charge in [-0.05, 0) is 12.3 Å². The van der Waals surface area contributed by atoms with Crippen molar-refractivity contribution in [3.63, 3.8) is 0 Å². The second-order valence-corrected chi connectivity index (χ2v) is 5.19. The van der Waals surface area contributed by atoms with Crippen LogP contribution < -0.4 is 0 Å². The average Bonchev–Trinajstić information content (AvgIpc) is 2.44. The maximum Gasteiger partial charge on any atom is 0.306 e. The molecule has 1 N–H and O–H groups in total. The van der Waals surface area contributed by atoms with Crippen LogP contribution >= 0.6 is 0 Å². The molecule has 0 rings (SSSR count). The van der Waals surface area contributed by atoms with Gasteiger partial charge in [0.05, 0.1) is 20.0 Å². The molecule has 1 atom stereocenters. The average molecular weight is 287 g/mol. The third-order valence-electron chi connectivity index (χ3n) is 3.56. The number of carboxylic acids is 1. The standard InChI is InChI=1S/C15H29NO4/c1-4-6-7-13(5-2)12-16(10-8-14(17)18)11-9-15(19)20-3/h13H,4-12H2,1-3H3,(H,17,18). The fourth-order valence-electron chi connectivity index (χ4n) is 2.18. The van der Waals surface area contributed by atoms with E-state index in [4.69, 9.17) is 5.11 Å². The van der Waals surface area contributed by atoms with Gasteiger partial charge in [0.25, 0.3) is 0 Å². The molecule has 0 aromatic rings. The number of hydrogen-bond acceptors (Lipinski definition) is 4. The van der Waals surface area contributed by atoms with Crippen molar-refractivity contribution in [2.24, 2.45) is 5.92 Å². The highest BCUT2D eigenvalue weighted by Crippen LogP contribution is 2.15. The van der Waals surface area contributed by atoms with Crippen LogP contribution in [0.3, 0.4) is 0 Å². The van der Waals surface area contributed by atoms with E-state index in [1.807, 2.05) is 0 Å². The predicted octanol–water partition coefficient (Wildman–Crippen LogP) is 2.54. The number of hydrogen-bond donors (Lipinski definition) is 1. The van der Waals surface area contributed by atoms with Crippen molar-refractivity contribution in [2.45, 2.75) is 52.4 Å². The monoisotopic (exact) mass is 287 g/mol. The van der Waals surface area contributed by atoms with Crippen molar-refractivity contribution in [3.05, 3.63) is 0 Å². The largest absolute Gasteiger partial charge is 0.481 e. The smallest absolute Gasteiger partial charge is 0.306 e. The number of ether oxygens (including phenoxy) is 1. The first-order valence-electron chi connectivity index (χ1n) is 7.54. The molecule has 0 aliphatic carbocycles. The van der Waals surface area contributed by atoms with E-state index < -0.39 is 5.97 Å². The summed E-state index contributed by atoms with van der Waals surface area (Å²) in [7, 11) is 1.38. The first-order chi connectivity index (χ1) is 9.53. The van der Waals surface area contributed by atoms with E-state index in [0.29, 0.717) is 25.4 Å². The lowest BCUT2D eigenvalue weighted by Crippen LogP contribution is -2.33. The molecule has 0 aliphatic heterocycles. The molecule has 5 nitrogen and oxygen atoms in total. The van der Waals surface area contributed by atoms with Gasteiger partial charge in [0.1, 0.15) is 0 Å². The molecule has 0 spiro atoms. The predicted molar refractivity (Wildman–Crippen MR) is 78.6 cm³/mol. The van der Waals surface area contributed by atoms with Gasteiger partial charge in [0, 0.05) is 19.6 Å². The van der Waals surface area contributed by atoms with E-state index in [9.17, 15) is 9.59 Å². The van der Waals surface area contributed by atoms with E-state index >= 15 is 0 Å². The minimum absolute atomic E-state index is 0.116. The summed E-state index contributed by atoms with van der Waals surface area (Å²) in [5.74, 6) is -0.469. The van der Waals surface area contributed by atoms with Crippen molar-refractivity contribution < 1.29 is 19.4 Å². The zero-order valence-corrected chi connectivity index (χ0v) is 13.1. The number of methoxy groups -OCH3 is 1. The molecule has 0 radical (unpaired) electrons. The van der Waals surface area contributed by atoms with Crippen molar-refractivity contribution in [3.8, 4) is 0 Å². The summed E-state index contributed by atoms with van der Waals surface area (Å²) in [4.78, 5) is 24.0. The summed E-state index contributed by atoms with van der Waals surface area (Å²) < 4.78 is 4.64. The van der Waals surface area contributed by atoms with Crippen LogP contribution in [0, 0.1) is 5.92 Å². The van der Waals surface area contributed by atoms with Crippen molar-refractivity contribution >= 4 is 11.9 Å². The molecule has 5 heteroatoms. The Labute approximate surface area is 122 Å². The van der Waals surface area contributed by atoms with Crippen LogP contribution in [0.25, 0.3) is 0 Å². The molecular formula is C15H29NO4. The van der Waals surface area contributed by atoms with Gasteiger partial charge in [-0.1, -0.05) is 33.1 Å². The Bertz CT molecular complexity index is 281. The third-order valence-corrected chi connectivity index (χ3v) is 3.56. The highest BCUT2D eigenvalue weighted by molar-refractivity contribution is 5.69. The fraction of sp³-hybridized carbons (Fsp3) is 0.867. The molecule has 0 aromatic heterocycles. The quantitative estimate of drug-likeness (QED) is 0.559. The van der Waals surface area contributed by atoms with Gasteiger partial charge in [-0.25, -0.2) is 0 Å². The van der Waals surface area contributed by atoms with Gasteiger partial charge < -0.3 is 14.7 Å². The molecule has 1 unspecified atom stereocenters. The lowest BCUT2D eigenvalue weighted by atomic mass is 9.98. The summed E-state index contributed by atoms with van der Waals surface area (Å²) in [6.07, 6.45) is 5.05. The minimum atomic E-state index is -0.797. The Morgan fingerprint density at radius 1 is 1.20 bits per heavy atom. The van der Waals surface area contributed by atoms with Crippen LogP contribution in [-0.4, -0.2) is 48.7 Å². The summed E-state index contributed by atoms with van der Waals surface area (Å²) >= 11 is 0. The summed E-state index contributed by atoms with van der Waals surface area (Å²) in [6, 6.07) is 0. The molecule has 0 heterocycles. The second kappa shape index (κ2) is 11.7. The molecule has 0 fully saturated rings. The summed E-state index contributed by atoms with van der Waals surface area (Å²) in [5, 5.41) is 8.80. The fourth-order valence-corrected chi connectivity index (χ4v) is 2.18. The highest BCUT2D eigenvalue weighted by Gasteiger charge is 2.15. The van der Waals surface area contributed by atoms with Crippen molar-refractivity contribution in [1.29, 1.82) is 0 Å². The first kappa shape index (κ1) is 18.9. The maximum absolute atomic E-state index is 11.2. The van der Waals surface area contributed by atoms with Gasteiger partial charge in [0.2, 0.25) is 0 Å². The number of nitrogens with zero attached hydrogens (tertiary/aromatic N) is 1. The van der Waals surface area contributed by atoms with Crippen LogP contribution in [0.15, 0.2) is 0 Å². The van der Waals surface area contributed by atoms with Crippen LogP contribution in [0.5, 0.6) is 0 Å². The third kappa shape index (κ3) is 9.78. The van der Waals surface area contributed by atoms with E-state index in [2.05, 4.69) is 23.5 Å².